The van der Waals surface area contributed by atoms with E-state index in [-0.39, 0.29) is 24.3 Å². The number of nitrogens with one attached hydrogen (secondary N) is 1. The minimum absolute atomic E-state index is 0.0540. The molecular formula is C20H29FN2O4. The molecule has 1 aliphatic rings. The van der Waals surface area contributed by atoms with Crippen LogP contribution in [0.15, 0.2) is 49.0 Å². The third-order valence-corrected chi connectivity index (χ3v) is 4.01. The Labute approximate surface area is 160 Å². The number of carbonyl (C=O) groups excluding carboxylic acids is 2. The predicted molar refractivity (Wildman–Crippen MR) is 102 cm³/mol. The van der Waals surface area contributed by atoms with Crippen LogP contribution >= 0.6 is 0 Å². The molecule has 1 unspecified atom stereocenters. The predicted octanol–water partition coefficient (Wildman–Crippen LogP) is 2.50. The number of halogens is 1. The summed E-state index contributed by atoms with van der Waals surface area (Å²) in [7, 11) is 0. The first-order valence-electron chi connectivity index (χ1n) is 8.94. The SMILES string of the molecule is C=CC(=O)N1CCC(CC(=O)NCCOCCO/C(=C/C(=C)F)C(=C)C)C1. The second-order valence-electron chi connectivity index (χ2n) is 6.39. The molecule has 7 heteroatoms. The van der Waals surface area contributed by atoms with E-state index >= 15 is 0 Å². The second-order valence-corrected chi connectivity index (χ2v) is 6.39. The van der Waals surface area contributed by atoms with Crippen molar-refractivity contribution in [1.29, 1.82) is 0 Å². The van der Waals surface area contributed by atoms with Crippen LogP contribution in [0.25, 0.3) is 0 Å². The Bertz CT molecular complexity index is 601. The van der Waals surface area contributed by atoms with Crippen LogP contribution in [-0.4, -0.2) is 56.2 Å². The third-order valence-electron chi connectivity index (χ3n) is 4.01. The maximum absolute atomic E-state index is 12.8. The lowest BCUT2D eigenvalue weighted by atomic mass is 10.0. The molecule has 0 radical (unpaired) electrons. The van der Waals surface area contributed by atoms with E-state index < -0.39 is 5.83 Å². The maximum atomic E-state index is 12.8. The first kappa shape index (κ1) is 22.6. The molecule has 0 bridgehead atoms. The first-order valence-corrected chi connectivity index (χ1v) is 8.94. The minimum Gasteiger partial charge on any atom is -0.491 e. The van der Waals surface area contributed by atoms with E-state index in [1.54, 1.807) is 11.8 Å². The van der Waals surface area contributed by atoms with E-state index in [1.807, 2.05) is 0 Å². The lowest BCUT2D eigenvalue weighted by molar-refractivity contribution is -0.126. The van der Waals surface area contributed by atoms with E-state index in [0.29, 0.717) is 50.6 Å². The molecule has 1 saturated heterocycles. The van der Waals surface area contributed by atoms with Crippen LogP contribution in [-0.2, 0) is 19.1 Å². The van der Waals surface area contributed by atoms with Gasteiger partial charge in [-0.1, -0.05) is 19.7 Å². The Morgan fingerprint density at radius 2 is 2.04 bits per heavy atom. The Kier molecular flexibility index (Phi) is 10.1. The van der Waals surface area contributed by atoms with Gasteiger partial charge in [0.25, 0.3) is 0 Å². The molecule has 27 heavy (non-hydrogen) atoms. The molecule has 1 N–H and O–H groups in total. The summed E-state index contributed by atoms with van der Waals surface area (Å²) in [4.78, 5) is 25.2. The molecule has 1 aliphatic heterocycles. The number of nitrogens with zero attached hydrogens (tertiary/aromatic N) is 1. The summed E-state index contributed by atoms with van der Waals surface area (Å²) < 4.78 is 23.6. The van der Waals surface area contributed by atoms with Gasteiger partial charge in [0, 0.05) is 32.1 Å². The molecule has 0 aromatic rings. The Morgan fingerprint density at radius 3 is 2.67 bits per heavy atom. The molecule has 0 aromatic carbocycles. The number of hydrogen-bond donors (Lipinski definition) is 1. The summed E-state index contributed by atoms with van der Waals surface area (Å²) >= 11 is 0. The van der Waals surface area contributed by atoms with Crippen molar-refractivity contribution in [2.75, 3.05) is 39.5 Å². The lowest BCUT2D eigenvalue weighted by Crippen LogP contribution is -2.31. The van der Waals surface area contributed by atoms with Gasteiger partial charge in [-0.15, -0.1) is 0 Å². The normalized spacial score (nSPS) is 16.7. The molecule has 2 amide bonds. The monoisotopic (exact) mass is 380 g/mol. The summed E-state index contributed by atoms with van der Waals surface area (Å²) in [6.07, 6.45) is 3.69. The standard InChI is InChI=1S/C20H29FN2O4/c1-5-20(25)23-8-6-17(14-23)13-19(24)22-7-9-26-10-11-27-18(15(2)3)12-16(4)21/h5,12,17H,1-2,4,6-11,13-14H2,3H3,(H,22,24)/b18-12+. The number of carbonyl (C=O) groups is 2. The van der Waals surface area contributed by atoms with Crippen LogP contribution in [0.3, 0.4) is 0 Å². The lowest BCUT2D eigenvalue weighted by Gasteiger charge is -2.14. The summed E-state index contributed by atoms with van der Waals surface area (Å²) in [6.45, 7) is 14.6. The van der Waals surface area contributed by atoms with Crippen LogP contribution in [0, 0.1) is 5.92 Å². The summed E-state index contributed by atoms with van der Waals surface area (Å²) in [6, 6.07) is 0. The van der Waals surface area contributed by atoms with E-state index in [4.69, 9.17) is 9.47 Å². The van der Waals surface area contributed by atoms with Crippen LogP contribution in [0.1, 0.15) is 19.8 Å². The van der Waals surface area contributed by atoms with Crippen molar-refractivity contribution in [3.8, 4) is 0 Å². The highest BCUT2D eigenvalue weighted by Gasteiger charge is 2.26. The largest absolute Gasteiger partial charge is 0.491 e. The van der Waals surface area contributed by atoms with Gasteiger partial charge in [-0.25, -0.2) is 4.39 Å². The number of likely N-dealkylation sites (tertiary alicyclic amines) is 1. The number of hydrogen-bond acceptors (Lipinski definition) is 4. The van der Waals surface area contributed by atoms with Crippen molar-refractivity contribution in [2.24, 2.45) is 5.92 Å². The van der Waals surface area contributed by atoms with Gasteiger partial charge >= 0.3 is 0 Å². The highest BCUT2D eigenvalue weighted by atomic mass is 19.1. The summed E-state index contributed by atoms with van der Waals surface area (Å²) in [5, 5.41) is 2.80. The molecule has 0 saturated carbocycles. The molecule has 6 nitrogen and oxygen atoms in total. The average molecular weight is 380 g/mol. The molecular weight excluding hydrogens is 351 g/mol. The summed E-state index contributed by atoms with van der Waals surface area (Å²) in [5.74, 6) is -0.229. The zero-order chi connectivity index (χ0) is 20.2. The Hall–Kier alpha value is -2.41. The van der Waals surface area contributed by atoms with E-state index in [2.05, 4.69) is 25.1 Å². The van der Waals surface area contributed by atoms with Crippen molar-refractivity contribution in [2.45, 2.75) is 19.8 Å². The third kappa shape index (κ3) is 9.19. The molecule has 0 spiro atoms. The van der Waals surface area contributed by atoms with Gasteiger partial charge in [0.1, 0.15) is 18.2 Å². The van der Waals surface area contributed by atoms with Crippen LogP contribution in [0.5, 0.6) is 0 Å². The minimum atomic E-state index is -0.601. The average Bonchev–Trinajstić information content (AvgIpc) is 3.07. The van der Waals surface area contributed by atoms with E-state index in [1.165, 1.54) is 12.2 Å². The van der Waals surface area contributed by atoms with E-state index in [0.717, 1.165) is 6.42 Å². The first-order chi connectivity index (χ1) is 12.8. The van der Waals surface area contributed by atoms with Gasteiger partial charge in [-0.2, -0.15) is 0 Å². The zero-order valence-electron chi connectivity index (χ0n) is 16.0. The van der Waals surface area contributed by atoms with Crippen LogP contribution in [0.4, 0.5) is 4.39 Å². The second kappa shape index (κ2) is 12.1. The number of rotatable bonds is 12. The Balaban J connectivity index is 2.10. The Morgan fingerprint density at radius 1 is 1.30 bits per heavy atom. The summed E-state index contributed by atoms with van der Waals surface area (Å²) in [5.41, 5.74) is 0.598. The smallest absolute Gasteiger partial charge is 0.245 e. The molecule has 0 aliphatic carbocycles. The van der Waals surface area contributed by atoms with Gasteiger partial charge in [0.05, 0.1) is 13.2 Å². The zero-order valence-corrected chi connectivity index (χ0v) is 16.0. The number of amides is 2. The fourth-order valence-corrected chi connectivity index (χ4v) is 2.67. The number of ether oxygens (including phenoxy) is 2. The van der Waals surface area contributed by atoms with Crippen molar-refractivity contribution < 1.29 is 23.5 Å². The molecule has 0 aromatic heterocycles. The van der Waals surface area contributed by atoms with Gasteiger partial charge in [0.15, 0.2) is 0 Å². The molecule has 1 heterocycles. The van der Waals surface area contributed by atoms with Gasteiger partial charge in [0.2, 0.25) is 11.8 Å². The van der Waals surface area contributed by atoms with Crippen molar-refractivity contribution in [3.05, 3.63) is 49.0 Å². The molecule has 1 fully saturated rings. The van der Waals surface area contributed by atoms with Gasteiger partial charge in [-0.3, -0.25) is 9.59 Å². The van der Waals surface area contributed by atoms with Crippen molar-refractivity contribution in [3.63, 3.8) is 0 Å². The maximum Gasteiger partial charge on any atom is 0.245 e. The van der Waals surface area contributed by atoms with Crippen LogP contribution in [0.2, 0.25) is 0 Å². The highest BCUT2D eigenvalue weighted by molar-refractivity contribution is 5.87. The van der Waals surface area contributed by atoms with Gasteiger partial charge < -0.3 is 19.7 Å². The van der Waals surface area contributed by atoms with Crippen LogP contribution < -0.4 is 5.32 Å². The fraction of sp³-hybridized carbons (Fsp3) is 0.500. The number of allylic oxidation sites excluding steroid dienone is 3. The van der Waals surface area contributed by atoms with E-state index in [9.17, 15) is 14.0 Å². The fourth-order valence-electron chi connectivity index (χ4n) is 2.67. The van der Waals surface area contributed by atoms with Crippen molar-refractivity contribution >= 4 is 11.8 Å². The van der Waals surface area contributed by atoms with Gasteiger partial charge in [-0.05, 0) is 30.9 Å². The topological polar surface area (TPSA) is 67.9 Å². The molecule has 150 valence electrons. The quantitative estimate of drug-likeness (QED) is 0.244. The highest BCUT2D eigenvalue weighted by Crippen LogP contribution is 2.19. The molecule has 1 atom stereocenters. The van der Waals surface area contributed by atoms with Crippen molar-refractivity contribution in [1.82, 2.24) is 10.2 Å². The molecule has 1 rings (SSSR count).